The van der Waals surface area contributed by atoms with Crippen LogP contribution in [0.5, 0.6) is 11.5 Å². The molecule has 2 heterocycles. The fraction of sp³-hybridized carbons (Fsp3) is 0.250. The lowest BCUT2D eigenvalue weighted by molar-refractivity contribution is -0.120. The van der Waals surface area contributed by atoms with E-state index in [4.69, 9.17) is 9.47 Å². The topological polar surface area (TPSA) is 78.3 Å². The van der Waals surface area contributed by atoms with E-state index in [1.165, 1.54) is 11.8 Å². The average molecular weight is 396 g/mol. The number of hydrogen-bond acceptors (Lipinski definition) is 6. The first-order valence-corrected chi connectivity index (χ1v) is 9.92. The van der Waals surface area contributed by atoms with Crippen LogP contribution in [-0.2, 0) is 18.4 Å². The van der Waals surface area contributed by atoms with Crippen LogP contribution in [0.1, 0.15) is 12.0 Å². The van der Waals surface area contributed by atoms with E-state index in [2.05, 4.69) is 15.5 Å². The van der Waals surface area contributed by atoms with E-state index in [1.807, 2.05) is 60.1 Å². The molecule has 8 heteroatoms. The summed E-state index contributed by atoms with van der Waals surface area (Å²) in [5, 5.41) is 12.2. The number of thioether (sulfide) groups is 1. The molecule has 0 aliphatic carbocycles. The third-order valence-electron chi connectivity index (χ3n) is 4.35. The number of ether oxygens (including phenoxy) is 2. The number of amides is 1. The third-order valence-corrected chi connectivity index (χ3v) is 5.38. The Bertz CT molecular complexity index is 975. The average Bonchev–Trinajstić information content (AvgIpc) is 3.33. The molecule has 0 unspecified atom stereocenters. The second-order valence-electron chi connectivity index (χ2n) is 6.29. The largest absolute Gasteiger partial charge is 0.454 e. The lowest BCUT2D eigenvalue weighted by Crippen LogP contribution is -2.23. The Labute approximate surface area is 167 Å². The number of fused-ring (bicyclic) bond motifs is 1. The number of hydrogen-bond donors (Lipinski definition) is 1. The van der Waals surface area contributed by atoms with Gasteiger partial charge in [0.15, 0.2) is 22.5 Å². The fourth-order valence-corrected chi connectivity index (χ4v) is 3.70. The molecule has 4 rings (SSSR count). The lowest BCUT2D eigenvalue weighted by Gasteiger charge is -2.06. The van der Waals surface area contributed by atoms with Crippen LogP contribution in [0.2, 0.25) is 0 Å². The summed E-state index contributed by atoms with van der Waals surface area (Å²) in [5.74, 6) is 2.91. The highest BCUT2D eigenvalue weighted by Gasteiger charge is 2.14. The van der Waals surface area contributed by atoms with Crippen molar-refractivity contribution in [1.82, 2.24) is 20.1 Å². The zero-order chi connectivity index (χ0) is 19.3. The number of rotatable bonds is 7. The van der Waals surface area contributed by atoms with Crippen LogP contribution in [0.3, 0.4) is 0 Å². The molecule has 0 saturated heterocycles. The van der Waals surface area contributed by atoms with E-state index in [0.717, 1.165) is 33.6 Å². The van der Waals surface area contributed by atoms with Crippen molar-refractivity contribution < 1.29 is 14.3 Å². The van der Waals surface area contributed by atoms with Crippen molar-refractivity contribution in [2.45, 2.75) is 18.1 Å². The molecule has 1 aromatic heterocycles. The van der Waals surface area contributed by atoms with E-state index >= 15 is 0 Å². The molecule has 3 aromatic rings. The van der Waals surface area contributed by atoms with Crippen LogP contribution < -0.4 is 14.8 Å². The number of nitrogens with one attached hydrogen (secondary N) is 1. The molecule has 1 aliphatic heterocycles. The lowest BCUT2D eigenvalue weighted by atomic mass is 10.2. The van der Waals surface area contributed by atoms with Gasteiger partial charge in [-0.1, -0.05) is 48.2 Å². The van der Waals surface area contributed by atoms with Crippen molar-refractivity contribution in [1.29, 1.82) is 0 Å². The molecule has 0 spiro atoms. The molecule has 1 aliphatic rings. The Morgan fingerprint density at radius 3 is 2.82 bits per heavy atom. The Balaban J connectivity index is 1.25. The summed E-state index contributed by atoms with van der Waals surface area (Å²) in [6.45, 7) is 0.707. The summed E-state index contributed by atoms with van der Waals surface area (Å²) in [4.78, 5) is 12.1. The summed E-state index contributed by atoms with van der Waals surface area (Å²) in [7, 11) is 1.93. The van der Waals surface area contributed by atoms with Gasteiger partial charge in [-0.25, -0.2) is 0 Å². The summed E-state index contributed by atoms with van der Waals surface area (Å²) in [6, 6.07) is 15.6. The minimum Gasteiger partial charge on any atom is -0.454 e. The zero-order valence-electron chi connectivity index (χ0n) is 15.4. The fourth-order valence-electron chi connectivity index (χ4n) is 2.85. The van der Waals surface area contributed by atoms with Crippen LogP contribution in [-0.4, -0.2) is 33.2 Å². The van der Waals surface area contributed by atoms with E-state index in [-0.39, 0.29) is 12.7 Å². The van der Waals surface area contributed by atoms with Crippen LogP contribution in [0, 0.1) is 0 Å². The van der Waals surface area contributed by atoms with Crippen molar-refractivity contribution in [2.24, 2.45) is 7.05 Å². The quantitative estimate of drug-likeness (QED) is 0.619. The van der Waals surface area contributed by atoms with Gasteiger partial charge in [-0.3, -0.25) is 4.79 Å². The molecule has 1 amide bonds. The number of benzene rings is 2. The monoisotopic (exact) mass is 396 g/mol. The molecule has 1 N–H and O–H groups in total. The molecule has 0 saturated carbocycles. The summed E-state index contributed by atoms with van der Waals surface area (Å²) >= 11 is 1.52. The van der Waals surface area contributed by atoms with Crippen LogP contribution in [0.25, 0.3) is 11.4 Å². The zero-order valence-corrected chi connectivity index (χ0v) is 16.2. The normalized spacial score (nSPS) is 12.2. The molecule has 28 heavy (non-hydrogen) atoms. The van der Waals surface area contributed by atoms with Crippen molar-refractivity contribution in [3.63, 3.8) is 0 Å². The molecule has 2 aromatic carbocycles. The van der Waals surface area contributed by atoms with E-state index < -0.39 is 0 Å². The van der Waals surface area contributed by atoms with E-state index in [9.17, 15) is 4.79 Å². The first kappa shape index (κ1) is 18.4. The van der Waals surface area contributed by atoms with Gasteiger partial charge in [-0.2, -0.15) is 0 Å². The molecule has 0 atom stereocenters. The Kier molecular flexibility index (Phi) is 5.48. The highest BCUT2D eigenvalue weighted by atomic mass is 32.2. The van der Waals surface area contributed by atoms with Crippen molar-refractivity contribution in [3.8, 4) is 22.9 Å². The van der Waals surface area contributed by atoms with E-state index in [0.29, 0.717) is 18.7 Å². The minimum atomic E-state index is -0.00406. The van der Waals surface area contributed by atoms with Gasteiger partial charge in [-0.15, -0.1) is 10.2 Å². The second-order valence-corrected chi connectivity index (χ2v) is 7.36. The van der Waals surface area contributed by atoms with Crippen molar-refractivity contribution in [2.75, 3.05) is 12.5 Å². The predicted molar refractivity (Wildman–Crippen MR) is 106 cm³/mol. The van der Waals surface area contributed by atoms with Gasteiger partial charge in [0.1, 0.15) is 0 Å². The third kappa shape index (κ3) is 4.12. The first-order chi connectivity index (χ1) is 13.7. The predicted octanol–water partition coefficient (Wildman–Crippen LogP) is 3.01. The minimum absolute atomic E-state index is 0.00406. The van der Waals surface area contributed by atoms with Gasteiger partial charge in [0, 0.05) is 31.3 Å². The van der Waals surface area contributed by atoms with Crippen LogP contribution >= 0.6 is 11.8 Å². The van der Waals surface area contributed by atoms with E-state index in [1.54, 1.807) is 0 Å². The molecular weight excluding hydrogens is 376 g/mol. The Morgan fingerprint density at radius 2 is 1.96 bits per heavy atom. The highest BCUT2D eigenvalue weighted by molar-refractivity contribution is 7.99. The van der Waals surface area contributed by atoms with Gasteiger partial charge in [0.25, 0.3) is 0 Å². The number of carbonyl (C=O) groups excluding carboxylic acids is 1. The van der Waals surface area contributed by atoms with Gasteiger partial charge in [-0.05, 0) is 17.7 Å². The van der Waals surface area contributed by atoms with Gasteiger partial charge in [0.05, 0.1) is 0 Å². The second kappa shape index (κ2) is 8.35. The maximum Gasteiger partial charge on any atom is 0.231 e. The standard InChI is InChI=1S/C20H20N4O3S/c1-24-19(15-5-3-2-4-6-15)22-23-20(24)28-10-9-18(25)21-12-14-7-8-16-17(11-14)27-13-26-16/h2-8,11H,9-10,12-13H2,1H3,(H,21,25). The Morgan fingerprint density at radius 1 is 1.14 bits per heavy atom. The summed E-state index contributed by atoms with van der Waals surface area (Å²) in [5.41, 5.74) is 2.00. The molecule has 0 bridgehead atoms. The molecule has 0 fully saturated rings. The van der Waals surface area contributed by atoms with Crippen molar-refractivity contribution in [3.05, 3.63) is 54.1 Å². The smallest absolute Gasteiger partial charge is 0.231 e. The molecule has 7 nitrogen and oxygen atoms in total. The molecular formula is C20H20N4O3S. The number of carbonyl (C=O) groups is 1. The Hall–Kier alpha value is -3.00. The van der Waals surface area contributed by atoms with Crippen molar-refractivity contribution >= 4 is 17.7 Å². The first-order valence-electron chi connectivity index (χ1n) is 8.93. The number of nitrogens with zero attached hydrogens (tertiary/aromatic N) is 3. The van der Waals surface area contributed by atoms with Gasteiger partial charge in [0.2, 0.25) is 12.7 Å². The van der Waals surface area contributed by atoms with Gasteiger partial charge < -0.3 is 19.4 Å². The van der Waals surface area contributed by atoms with Gasteiger partial charge >= 0.3 is 0 Å². The number of aromatic nitrogens is 3. The maximum absolute atomic E-state index is 12.1. The summed E-state index contributed by atoms with van der Waals surface area (Å²) < 4.78 is 12.6. The SMILES string of the molecule is Cn1c(SCCC(=O)NCc2ccc3c(c2)OCO3)nnc1-c1ccccc1. The summed E-state index contributed by atoms with van der Waals surface area (Å²) in [6.07, 6.45) is 0.406. The molecule has 0 radical (unpaired) electrons. The van der Waals surface area contributed by atoms with Crippen LogP contribution in [0.15, 0.2) is 53.7 Å². The highest BCUT2D eigenvalue weighted by Crippen LogP contribution is 2.32. The maximum atomic E-state index is 12.1. The van der Waals surface area contributed by atoms with Crippen LogP contribution in [0.4, 0.5) is 0 Å². The molecule has 144 valence electrons.